The average Bonchev–Trinajstić information content (AvgIpc) is 2.20. The van der Waals surface area contributed by atoms with Crippen LogP contribution in [-0.4, -0.2) is 13.1 Å². The zero-order chi connectivity index (χ0) is 12.2. The fraction of sp³-hybridized carbons (Fsp3) is 0.571. The van der Waals surface area contributed by atoms with Gasteiger partial charge in [-0.25, -0.2) is 0 Å². The van der Waals surface area contributed by atoms with E-state index in [1.807, 2.05) is 7.05 Å². The third-order valence-electron chi connectivity index (χ3n) is 2.95. The van der Waals surface area contributed by atoms with E-state index in [2.05, 4.69) is 66.3 Å². The van der Waals surface area contributed by atoms with Gasteiger partial charge in [0.05, 0.1) is 0 Å². The molecule has 2 heteroatoms. The number of hydrogen-bond acceptors (Lipinski definition) is 1. The number of nitrogens with one attached hydrogen (secondary N) is 1. The Bertz CT molecular complexity index is 316. The van der Waals surface area contributed by atoms with Gasteiger partial charge in [0.15, 0.2) is 0 Å². The lowest BCUT2D eigenvalue weighted by Crippen LogP contribution is -2.29. The summed E-state index contributed by atoms with van der Waals surface area (Å²) >= 11 is 3.47. The van der Waals surface area contributed by atoms with E-state index in [0.717, 1.165) is 10.9 Å². The molecule has 90 valence electrons. The molecule has 0 aliphatic rings. The van der Waals surface area contributed by atoms with Crippen molar-refractivity contribution in [2.45, 2.75) is 39.7 Å². The normalized spacial score (nSPS) is 13.8. The molecule has 0 spiro atoms. The molecule has 1 atom stereocenters. The topological polar surface area (TPSA) is 12.0 Å². The van der Waals surface area contributed by atoms with Gasteiger partial charge in [-0.15, -0.1) is 0 Å². The van der Waals surface area contributed by atoms with Gasteiger partial charge in [-0.2, -0.15) is 0 Å². The van der Waals surface area contributed by atoms with Crippen LogP contribution < -0.4 is 5.32 Å². The fourth-order valence-corrected chi connectivity index (χ4v) is 2.42. The third-order valence-corrected chi connectivity index (χ3v) is 3.48. The first-order chi connectivity index (χ1) is 7.43. The molecule has 0 radical (unpaired) electrons. The van der Waals surface area contributed by atoms with Crippen molar-refractivity contribution in [2.24, 2.45) is 5.41 Å². The van der Waals surface area contributed by atoms with Gasteiger partial charge < -0.3 is 5.32 Å². The maximum absolute atomic E-state index is 3.47. The van der Waals surface area contributed by atoms with Crippen LogP contribution in [0.3, 0.4) is 0 Å². The van der Waals surface area contributed by atoms with Crippen LogP contribution in [0.2, 0.25) is 0 Å². The van der Waals surface area contributed by atoms with Gasteiger partial charge in [-0.3, -0.25) is 0 Å². The van der Waals surface area contributed by atoms with E-state index in [0.29, 0.717) is 11.5 Å². The monoisotopic (exact) mass is 283 g/mol. The van der Waals surface area contributed by atoms with E-state index in [1.54, 1.807) is 0 Å². The van der Waals surface area contributed by atoms with Gasteiger partial charge in [0.25, 0.3) is 0 Å². The molecule has 0 amide bonds. The van der Waals surface area contributed by atoms with Crippen molar-refractivity contribution in [3.05, 3.63) is 34.3 Å². The molecule has 1 N–H and O–H groups in total. The zero-order valence-electron chi connectivity index (χ0n) is 10.7. The highest BCUT2D eigenvalue weighted by molar-refractivity contribution is 9.10. The molecular formula is C14H22BrN. The average molecular weight is 284 g/mol. The van der Waals surface area contributed by atoms with E-state index in [9.17, 15) is 0 Å². The summed E-state index contributed by atoms with van der Waals surface area (Å²) in [5.41, 5.74) is 1.76. The minimum absolute atomic E-state index is 0.344. The molecule has 0 fully saturated rings. The molecule has 0 saturated heterocycles. The van der Waals surface area contributed by atoms with Crippen LogP contribution in [0.1, 0.15) is 32.8 Å². The highest BCUT2D eigenvalue weighted by Crippen LogP contribution is 2.27. The highest BCUT2D eigenvalue weighted by atomic mass is 79.9. The molecule has 0 bridgehead atoms. The van der Waals surface area contributed by atoms with Crippen LogP contribution in [-0.2, 0) is 6.42 Å². The van der Waals surface area contributed by atoms with Crippen molar-refractivity contribution < 1.29 is 0 Å². The lowest BCUT2D eigenvalue weighted by molar-refractivity contribution is 0.293. The van der Waals surface area contributed by atoms with E-state index >= 15 is 0 Å². The molecule has 16 heavy (non-hydrogen) atoms. The molecule has 1 nitrogen and oxygen atoms in total. The van der Waals surface area contributed by atoms with Gasteiger partial charge in [0.2, 0.25) is 0 Å². The number of halogens is 1. The molecule has 0 aliphatic carbocycles. The van der Waals surface area contributed by atoms with Crippen LogP contribution in [0, 0.1) is 5.41 Å². The third kappa shape index (κ3) is 4.67. The molecule has 0 heterocycles. The summed E-state index contributed by atoms with van der Waals surface area (Å²) in [6.45, 7) is 6.91. The number of hydrogen-bond donors (Lipinski definition) is 1. The summed E-state index contributed by atoms with van der Waals surface area (Å²) in [6, 6.07) is 9.22. The molecule has 1 aromatic rings. The van der Waals surface area contributed by atoms with Crippen LogP contribution in [0.15, 0.2) is 28.7 Å². The van der Waals surface area contributed by atoms with E-state index in [4.69, 9.17) is 0 Å². The summed E-state index contributed by atoms with van der Waals surface area (Å²) in [4.78, 5) is 0. The van der Waals surface area contributed by atoms with Crippen molar-refractivity contribution in [1.29, 1.82) is 0 Å². The smallest absolute Gasteiger partial charge is 0.0175 e. The van der Waals surface area contributed by atoms with Gasteiger partial charge >= 0.3 is 0 Å². The standard InChI is InChI=1S/C14H22BrN/c1-11(16-4)9-14(2,3)10-12-5-7-13(15)8-6-12/h5-8,11,16H,9-10H2,1-4H3. The zero-order valence-corrected chi connectivity index (χ0v) is 12.3. The minimum atomic E-state index is 0.344. The molecular weight excluding hydrogens is 262 g/mol. The second kappa shape index (κ2) is 5.83. The predicted octanol–water partition coefficient (Wildman–Crippen LogP) is 4.02. The Kier molecular flexibility index (Phi) is 5.00. The van der Waals surface area contributed by atoms with E-state index in [-0.39, 0.29) is 0 Å². The Hall–Kier alpha value is -0.340. The Labute approximate surface area is 108 Å². The van der Waals surface area contributed by atoms with Crippen molar-refractivity contribution in [3.8, 4) is 0 Å². The Morgan fingerprint density at radius 1 is 1.25 bits per heavy atom. The quantitative estimate of drug-likeness (QED) is 0.861. The van der Waals surface area contributed by atoms with Gasteiger partial charge in [-0.05, 0) is 49.9 Å². The van der Waals surface area contributed by atoms with Crippen LogP contribution in [0.5, 0.6) is 0 Å². The van der Waals surface area contributed by atoms with Crippen LogP contribution in [0.25, 0.3) is 0 Å². The molecule has 0 aromatic heterocycles. The summed E-state index contributed by atoms with van der Waals surface area (Å²) in [7, 11) is 2.03. The van der Waals surface area contributed by atoms with Gasteiger partial charge in [0.1, 0.15) is 0 Å². The van der Waals surface area contributed by atoms with Crippen molar-refractivity contribution >= 4 is 15.9 Å². The second-order valence-electron chi connectivity index (χ2n) is 5.36. The lowest BCUT2D eigenvalue weighted by Gasteiger charge is -2.28. The summed E-state index contributed by atoms with van der Waals surface area (Å²) in [6.07, 6.45) is 2.33. The summed E-state index contributed by atoms with van der Waals surface area (Å²) < 4.78 is 1.15. The SMILES string of the molecule is CNC(C)CC(C)(C)Cc1ccc(Br)cc1. The highest BCUT2D eigenvalue weighted by Gasteiger charge is 2.20. The lowest BCUT2D eigenvalue weighted by atomic mass is 9.80. The Morgan fingerprint density at radius 2 is 1.81 bits per heavy atom. The molecule has 0 aliphatic heterocycles. The van der Waals surface area contributed by atoms with Gasteiger partial charge in [-0.1, -0.05) is 41.9 Å². The van der Waals surface area contributed by atoms with Crippen LogP contribution in [0.4, 0.5) is 0 Å². The number of benzene rings is 1. The largest absolute Gasteiger partial charge is 0.317 e. The second-order valence-corrected chi connectivity index (χ2v) is 6.28. The van der Waals surface area contributed by atoms with Crippen LogP contribution >= 0.6 is 15.9 Å². The number of rotatable bonds is 5. The van der Waals surface area contributed by atoms with Crippen molar-refractivity contribution in [3.63, 3.8) is 0 Å². The predicted molar refractivity (Wildman–Crippen MR) is 74.8 cm³/mol. The first kappa shape index (κ1) is 13.7. The molecule has 1 unspecified atom stereocenters. The maximum Gasteiger partial charge on any atom is 0.0175 e. The minimum Gasteiger partial charge on any atom is -0.317 e. The van der Waals surface area contributed by atoms with E-state index < -0.39 is 0 Å². The first-order valence-electron chi connectivity index (χ1n) is 5.85. The van der Waals surface area contributed by atoms with Gasteiger partial charge in [0, 0.05) is 10.5 Å². The first-order valence-corrected chi connectivity index (χ1v) is 6.64. The molecule has 0 saturated carbocycles. The molecule has 1 aromatic carbocycles. The fourth-order valence-electron chi connectivity index (χ4n) is 2.16. The summed E-state index contributed by atoms with van der Waals surface area (Å²) in [5.74, 6) is 0. The van der Waals surface area contributed by atoms with E-state index in [1.165, 1.54) is 12.0 Å². The summed E-state index contributed by atoms with van der Waals surface area (Å²) in [5, 5.41) is 3.31. The Morgan fingerprint density at radius 3 is 2.31 bits per heavy atom. The molecule has 1 rings (SSSR count). The maximum atomic E-state index is 3.47. The van der Waals surface area contributed by atoms with Crippen molar-refractivity contribution in [2.75, 3.05) is 7.05 Å². The van der Waals surface area contributed by atoms with Crippen molar-refractivity contribution in [1.82, 2.24) is 5.32 Å². The Balaban J connectivity index is 2.61.